The molecule has 5 heterocycles. The van der Waals surface area contributed by atoms with Crippen molar-refractivity contribution in [2.24, 2.45) is 0 Å². The van der Waals surface area contributed by atoms with Crippen molar-refractivity contribution in [3.63, 3.8) is 0 Å². The van der Waals surface area contributed by atoms with Gasteiger partial charge in [-0.2, -0.15) is 0 Å². The van der Waals surface area contributed by atoms with Gasteiger partial charge in [0.1, 0.15) is 28.5 Å². The van der Waals surface area contributed by atoms with E-state index in [1.165, 1.54) is 32.3 Å². The van der Waals surface area contributed by atoms with E-state index in [-0.39, 0.29) is 0 Å². The second-order valence-corrected chi connectivity index (χ2v) is 10.3. The summed E-state index contributed by atoms with van der Waals surface area (Å²) < 4.78 is 8.22. The highest BCUT2D eigenvalue weighted by Crippen LogP contribution is 2.31. The van der Waals surface area contributed by atoms with Crippen molar-refractivity contribution in [3.05, 3.63) is 71.9 Å². The van der Waals surface area contributed by atoms with E-state index in [2.05, 4.69) is 47.4 Å². The predicted molar refractivity (Wildman–Crippen MR) is 155 cm³/mol. The molecule has 0 aliphatic carbocycles. The molecule has 2 aliphatic rings. The Balaban J connectivity index is 0.000000293. The summed E-state index contributed by atoms with van der Waals surface area (Å²) in [7, 11) is 0. The van der Waals surface area contributed by atoms with Crippen molar-refractivity contribution in [3.8, 4) is 11.5 Å². The Bertz CT molecular complexity index is 1610. The van der Waals surface area contributed by atoms with Crippen LogP contribution in [0.15, 0.2) is 61.2 Å². The number of hydrogen-bond acceptors (Lipinski definition) is 8. The highest BCUT2D eigenvalue weighted by atomic mass is 35.5. The lowest BCUT2D eigenvalue weighted by Crippen LogP contribution is -2.48. The van der Waals surface area contributed by atoms with Gasteiger partial charge in [-0.25, -0.2) is 19.9 Å². The molecule has 7 rings (SSSR count). The maximum absolute atomic E-state index is 6.12. The zero-order valence-electron chi connectivity index (χ0n) is 22.0. The maximum atomic E-state index is 6.12. The second kappa shape index (κ2) is 11.1. The molecule has 0 amide bonds. The average Bonchev–Trinajstić information content (AvgIpc) is 3.52. The molecule has 0 radical (unpaired) electrons. The van der Waals surface area contributed by atoms with Crippen molar-refractivity contribution >= 4 is 45.2 Å². The molecule has 2 fully saturated rings. The van der Waals surface area contributed by atoms with Gasteiger partial charge in [-0.05, 0) is 74.7 Å². The first-order chi connectivity index (χ1) is 19.1. The lowest BCUT2D eigenvalue weighted by Gasteiger charge is -2.21. The van der Waals surface area contributed by atoms with Crippen LogP contribution in [0.2, 0.25) is 5.15 Å². The Kier molecular flexibility index (Phi) is 7.28. The first-order valence-electron chi connectivity index (χ1n) is 13.3. The average molecular weight is 543 g/mol. The number of aromatic nitrogens is 5. The summed E-state index contributed by atoms with van der Waals surface area (Å²) in [4.78, 5) is 17.3. The topological polar surface area (TPSA) is 102 Å². The Hall–Kier alpha value is -3.79. The molecule has 3 N–H and O–H groups in total. The van der Waals surface area contributed by atoms with Crippen LogP contribution >= 0.6 is 11.6 Å². The number of nitrogens with zero attached hydrogens (tertiary/aromatic N) is 5. The summed E-state index contributed by atoms with van der Waals surface area (Å²) in [6.07, 6.45) is 6.12. The molecule has 3 aromatic heterocycles. The van der Waals surface area contributed by atoms with Crippen molar-refractivity contribution < 1.29 is 4.74 Å². The fourth-order valence-corrected chi connectivity index (χ4v) is 5.28. The Morgan fingerprint density at radius 1 is 1.00 bits per heavy atom. The van der Waals surface area contributed by atoms with E-state index in [0.29, 0.717) is 16.5 Å². The van der Waals surface area contributed by atoms with Gasteiger partial charge in [-0.1, -0.05) is 11.6 Å². The highest BCUT2D eigenvalue weighted by molar-refractivity contribution is 6.29. The number of nitrogens with one attached hydrogen (secondary N) is 3. The smallest absolute Gasteiger partial charge is 0.160 e. The molecule has 39 heavy (non-hydrogen) atoms. The Morgan fingerprint density at radius 2 is 1.85 bits per heavy atom. The van der Waals surface area contributed by atoms with Gasteiger partial charge in [-0.3, -0.25) is 0 Å². The molecular weight excluding hydrogens is 512 g/mol. The number of hydrogen-bond donors (Lipinski definition) is 3. The number of benzene rings is 2. The number of pyridine rings is 1. The van der Waals surface area contributed by atoms with Crippen LogP contribution in [-0.4, -0.2) is 49.7 Å². The number of ether oxygens (including phenoxy) is 1. The quantitative estimate of drug-likeness (QED) is 0.247. The normalized spacial score (nSPS) is 18.1. The molecule has 2 aliphatic heterocycles. The largest absolute Gasteiger partial charge is 0.457 e. The molecule has 5 aromatic rings. The first-order valence-corrected chi connectivity index (χ1v) is 13.7. The molecule has 2 unspecified atom stereocenters. The number of anilines is 2. The van der Waals surface area contributed by atoms with Gasteiger partial charge < -0.3 is 25.3 Å². The van der Waals surface area contributed by atoms with Gasteiger partial charge in [0, 0.05) is 43.5 Å². The van der Waals surface area contributed by atoms with Gasteiger partial charge in [0.2, 0.25) is 0 Å². The van der Waals surface area contributed by atoms with Crippen molar-refractivity contribution in [2.45, 2.75) is 45.3 Å². The third-order valence-electron chi connectivity index (χ3n) is 7.16. The molecule has 0 spiro atoms. The van der Waals surface area contributed by atoms with Crippen molar-refractivity contribution in [1.29, 1.82) is 0 Å². The summed E-state index contributed by atoms with van der Waals surface area (Å²) in [5.74, 6) is 2.12. The van der Waals surface area contributed by atoms with Gasteiger partial charge in [-0.15, -0.1) is 0 Å². The minimum absolute atomic E-state index is 0.394. The van der Waals surface area contributed by atoms with Gasteiger partial charge >= 0.3 is 0 Å². The fourth-order valence-electron chi connectivity index (χ4n) is 5.13. The minimum atomic E-state index is 0.394. The van der Waals surface area contributed by atoms with Gasteiger partial charge in [0.05, 0.1) is 22.9 Å². The molecule has 2 atom stereocenters. The van der Waals surface area contributed by atoms with Crippen molar-refractivity contribution in [2.75, 3.05) is 18.4 Å². The van der Waals surface area contributed by atoms with Gasteiger partial charge in [0.15, 0.2) is 5.82 Å². The molecule has 9 nitrogen and oxygen atoms in total. The summed E-state index contributed by atoms with van der Waals surface area (Å²) in [5, 5.41) is 10.6. The molecule has 2 bridgehead atoms. The molecule has 2 aromatic carbocycles. The zero-order chi connectivity index (χ0) is 26.8. The van der Waals surface area contributed by atoms with E-state index in [4.69, 9.17) is 16.3 Å². The van der Waals surface area contributed by atoms with Crippen LogP contribution in [0.5, 0.6) is 11.5 Å². The fraction of sp³-hybridized carbons (Fsp3) is 0.310. The number of piperazine rings is 1. The Morgan fingerprint density at radius 3 is 2.62 bits per heavy atom. The van der Waals surface area contributed by atoms with Crippen LogP contribution in [0.3, 0.4) is 0 Å². The summed E-state index contributed by atoms with van der Waals surface area (Å²) in [6, 6.07) is 16.9. The SMILES string of the molecule is C1CC2CNCC1N2.CCn1cnc2cc(Oc3ccc(Nc4ncnc5ccc(Cl)nc45)cc3C)ccc21. The van der Waals surface area contributed by atoms with Crippen LogP contribution in [-0.2, 0) is 6.54 Å². The number of rotatable bonds is 5. The van der Waals surface area contributed by atoms with E-state index in [1.807, 2.05) is 55.7 Å². The van der Waals surface area contributed by atoms with Gasteiger partial charge in [0.25, 0.3) is 0 Å². The standard InChI is InChI=1S/C23H19ClN6O.C6H12N2/c1-3-30-13-27-18-11-16(5-7-19(18)30)31-20-8-4-15(10-14(20)2)28-23-22-17(25-12-26-23)6-9-21(24)29-22;1-2-6-4-7-3-5(1)8-6/h4-13H,3H2,1-2H3,(H,25,26,28);5-8H,1-4H2. The monoisotopic (exact) mass is 542 g/mol. The Labute approximate surface area is 232 Å². The third kappa shape index (κ3) is 5.66. The first kappa shape index (κ1) is 25.5. The minimum Gasteiger partial charge on any atom is -0.457 e. The lowest BCUT2D eigenvalue weighted by atomic mass is 10.2. The van der Waals surface area contributed by atoms with Crippen LogP contribution in [0.4, 0.5) is 11.5 Å². The second-order valence-electron chi connectivity index (χ2n) is 9.91. The van der Waals surface area contributed by atoms with E-state index in [1.54, 1.807) is 6.07 Å². The summed E-state index contributed by atoms with van der Waals surface area (Å²) in [6.45, 7) is 7.36. The lowest BCUT2D eigenvalue weighted by molar-refractivity contribution is 0.423. The van der Waals surface area contributed by atoms with E-state index >= 15 is 0 Å². The van der Waals surface area contributed by atoms with Crippen LogP contribution in [0.25, 0.3) is 22.1 Å². The number of halogens is 1. The summed E-state index contributed by atoms with van der Waals surface area (Å²) in [5.41, 5.74) is 5.19. The zero-order valence-corrected chi connectivity index (χ0v) is 22.7. The number of aryl methyl sites for hydroxylation is 2. The molecular formula is C29H31ClN8O. The number of imidazole rings is 1. The van der Waals surface area contributed by atoms with E-state index in [0.717, 1.165) is 57.9 Å². The van der Waals surface area contributed by atoms with Crippen LogP contribution in [0, 0.1) is 6.92 Å². The van der Waals surface area contributed by atoms with E-state index < -0.39 is 0 Å². The molecule has 200 valence electrons. The molecule has 0 saturated carbocycles. The third-order valence-corrected chi connectivity index (χ3v) is 7.37. The number of fused-ring (bicyclic) bond motifs is 4. The van der Waals surface area contributed by atoms with Crippen LogP contribution in [0.1, 0.15) is 25.3 Å². The highest BCUT2D eigenvalue weighted by Gasteiger charge is 2.26. The predicted octanol–water partition coefficient (Wildman–Crippen LogP) is 5.60. The molecule has 10 heteroatoms. The summed E-state index contributed by atoms with van der Waals surface area (Å²) >= 11 is 6.05. The maximum Gasteiger partial charge on any atom is 0.160 e. The van der Waals surface area contributed by atoms with Crippen molar-refractivity contribution in [1.82, 2.24) is 35.1 Å². The molecule has 2 saturated heterocycles. The van der Waals surface area contributed by atoms with E-state index in [9.17, 15) is 0 Å². The van der Waals surface area contributed by atoms with Crippen LogP contribution < -0.4 is 20.7 Å².